The monoisotopic (exact) mass is 164 g/mol. The van der Waals surface area contributed by atoms with Gasteiger partial charge in [0, 0.05) is 11.6 Å². The Morgan fingerprint density at radius 2 is 2.08 bits per heavy atom. The summed E-state index contributed by atoms with van der Waals surface area (Å²) in [7, 11) is 0. The van der Waals surface area contributed by atoms with E-state index in [4.69, 9.17) is 5.84 Å². The zero-order valence-electron chi connectivity index (χ0n) is 7.37. The maximum absolute atomic E-state index is 5.39. The molecular weight excluding hydrogens is 148 g/mol. The molecule has 3 aliphatic rings. The van der Waals surface area contributed by atoms with E-state index in [1.807, 2.05) is 0 Å². The molecule has 0 aromatic heterocycles. The molecule has 2 nitrogen and oxygen atoms in total. The van der Waals surface area contributed by atoms with Crippen LogP contribution in [-0.2, 0) is 0 Å². The predicted molar refractivity (Wildman–Crippen MR) is 48.7 cm³/mol. The molecule has 4 unspecified atom stereocenters. The topological polar surface area (TPSA) is 38.4 Å². The quantitative estimate of drug-likeness (QED) is 0.430. The van der Waals surface area contributed by atoms with Crippen molar-refractivity contribution in [1.29, 1.82) is 0 Å². The summed E-state index contributed by atoms with van der Waals surface area (Å²) in [6, 6.07) is 0. The number of nitrogens with zero attached hydrogens (tertiary/aromatic N) is 1. The zero-order valence-corrected chi connectivity index (χ0v) is 7.37. The first-order valence-electron chi connectivity index (χ1n) is 5.17. The van der Waals surface area contributed by atoms with E-state index in [0.717, 1.165) is 23.7 Å². The van der Waals surface area contributed by atoms with Gasteiger partial charge in [0.2, 0.25) is 0 Å². The smallest absolute Gasteiger partial charge is 0.0412 e. The van der Waals surface area contributed by atoms with Gasteiger partial charge >= 0.3 is 0 Å². The van der Waals surface area contributed by atoms with Gasteiger partial charge in [0.25, 0.3) is 0 Å². The summed E-state index contributed by atoms with van der Waals surface area (Å²) in [6.07, 6.45) is 7.03. The van der Waals surface area contributed by atoms with Crippen LogP contribution in [-0.4, -0.2) is 5.71 Å². The molecule has 0 aromatic carbocycles. The largest absolute Gasteiger partial charge is 0.323 e. The Labute approximate surface area is 73.2 Å². The van der Waals surface area contributed by atoms with Gasteiger partial charge in [-0.05, 0) is 43.4 Å². The lowest BCUT2D eigenvalue weighted by molar-refractivity contribution is 0.333. The molecule has 0 aromatic rings. The number of hydrogen-bond donors (Lipinski definition) is 1. The molecule has 0 spiro atoms. The first-order valence-corrected chi connectivity index (χ1v) is 5.17. The summed E-state index contributed by atoms with van der Waals surface area (Å²) in [4.78, 5) is 0. The number of fused-ring (bicyclic) bond motifs is 5. The SMILES string of the molecule is N/N=C1\CC2CC1C1CCCC21. The first-order chi connectivity index (χ1) is 5.90. The van der Waals surface area contributed by atoms with Gasteiger partial charge in [-0.15, -0.1) is 0 Å². The van der Waals surface area contributed by atoms with Crippen LogP contribution in [0.1, 0.15) is 32.1 Å². The molecule has 66 valence electrons. The molecule has 4 atom stereocenters. The Balaban J connectivity index is 1.92. The van der Waals surface area contributed by atoms with E-state index < -0.39 is 0 Å². The van der Waals surface area contributed by atoms with Gasteiger partial charge in [-0.25, -0.2) is 0 Å². The van der Waals surface area contributed by atoms with Gasteiger partial charge in [0.1, 0.15) is 0 Å². The fraction of sp³-hybridized carbons (Fsp3) is 0.900. The third kappa shape index (κ3) is 0.686. The number of hydrazone groups is 1. The van der Waals surface area contributed by atoms with Crippen molar-refractivity contribution in [3.63, 3.8) is 0 Å². The summed E-state index contributed by atoms with van der Waals surface area (Å²) in [6.45, 7) is 0. The van der Waals surface area contributed by atoms with Crippen molar-refractivity contribution < 1.29 is 0 Å². The number of nitrogens with two attached hydrogens (primary N) is 1. The highest BCUT2D eigenvalue weighted by Crippen LogP contribution is 2.57. The minimum Gasteiger partial charge on any atom is -0.323 e. The lowest BCUT2D eigenvalue weighted by Crippen LogP contribution is -2.25. The maximum atomic E-state index is 5.39. The van der Waals surface area contributed by atoms with Crippen LogP contribution in [0.2, 0.25) is 0 Å². The second kappa shape index (κ2) is 2.24. The van der Waals surface area contributed by atoms with Crippen LogP contribution in [0.5, 0.6) is 0 Å². The molecule has 0 radical (unpaired) electrons. The summed E-state index contributed by atoms with van der Waals surface area (Å²) in [5.41, 5.74) is 1.34. The molecule has 3 aliphatic carbocycles. The Bertz CT molecular complexity index is 234. The summed E-state index contributed by atoms with van der Waals surface area (Å²) in [5.74, 6) is 9.19. The minimum atomic E-state index is 0.799. The molecule has 2 heteroatoms. The molecule has 0 amide bonds. The van der Waals surface area contributed by atoms with Crippen molar-refractivity contribution in [2.75, 3.05) is 0 Å². The second-order valence-corrected chi connectivity index (χ2v) is 4.69. The standard InChI is InChI=1S/C10H16N2/c11-12-10-5-6-4-9(10)8-3-1-2-7(6)8/h6-9H,1-5,11H2/b12-10+. The molecule has 3 rings (SSSR count). The van der Waals surface area contributed by atoms with Crippen molar-refractivity contribution in [1.82, 2.24) is 0 Å². The van der Waals surface area contributed by atoms with Crippen LogP contribution in [0.4, 0.5) is 0 Å². The van der Waals surface area contributed by atoms with E-state index >= 15 is 0 Å². The molecule has 2 N–H and O–H groups in total. The third-order valence-electron chi connectivity index (χ3n) is 4.37. The average Bonchev–Trinajstić information content (AvgIpc) is 2.75. The number of hydrogen-bond acceptors (Lipinski definition) is 2. The van der Waals surface area contributed by atoms with Crippen LogP contribution in [0.15, 0.2) is 5.10 Å². The van der Waals surface area contributed by atoms with Gasteiger partial charge in [-0.1, -0.05) is 6.42 Å². The molecule has 0 saturated heterocycles. The van der Waals surface area contributed by atoms with Gasteiger partial charge in [0.05, 0.1) is 0 Å². The van der Waals surface area contributed by atoms with Crippen molar-refractivity contribution in [2.45, 2.75) is 32.1 Å². The van der Waals surface area contributed by atoms with E-state index in [1.165, 1.54) is 37.8 Å². The maximum Gasteiger partial charge on any atom is 0.0412 e. The Kier molecular flexibility index (Phi) is 1.29. The van der Waals surface area contributed by atoms with E-state index in [9.17, 15) is 0 Å². The lowest BCUT2D eigenvalue weighted by Gasteiger charge is -2.25. The zero-order chi connectivity index (χ0) is 8.13. The normalized spacial score (nSPS) is 53.5. The third-order valence-corrected chi connectivity index (χ3v) is 4.37. The predicted octanol–water partition coefficient (Wildman–Crippen LogP) is 1.76. The highest BCUT2D eigenvalue weighted by atomic mass is 15.1. The van der Waals surface area contributed by atoms with Crippen LogP contribution in [0.25, 0.3) is 0 Å². The van der Waals surface area contributed by atoms with Crippen LogP contribution >= 0.6 is 0 Å². The second-order valence-electron chi connectivity index (χ2n) is 4.69. The van der Waals surface area contributed by atoms with Crippen LogP contribution in [0, 0.1) is 23.7 Å². The first kappa shape index (κ1) is 6.93. The van der Waals surface area contributed by atoms with Gasteiger partial charge in [0.15, 0.2) is 0 Å². The van der Waals surface area contributed by atoms with Gasteiger partial charge < -0.3 is 5.84 Å². The lowest BCUT2D eigenvalue weighted by atomic mass is 9.81. The van der Waals surface area contributed by atoms with E-state index in [-0.39, 0.29) is 0 Å². The van der Waals surface area contributed by atoms with E-state index in [1.54, 1.807) is 0 Å². The Morgan fingerprint density at radius 1 is 1.25 bits per heavy atom. The van der Waals surface area contributed by atoms with Gasteiger partial charge in [-0.2, -0.15) is 5.10 Å². The fourth-order valence-electron chi connectivity index (χ4n) is 3.96. The molecule has 2 bridgehead atoms. The van der Waals surface area contributed by atoms with Gasteiger partial charge in [-0.3, -0.25) is 0 Å². The molecule has 3 fully saturated rings. The molecule has 0 aliphatic heterocycles. The van der Waals surface area contributed by atoms with E-state index in [0.29, 0.717) is 0 Å². The van der Waals surface area contributed by atoms with Crippen LogP contribution < -0.4 is 5.84 Å². The van der Waals surface area contributed by atoms with Crippen molar-refractivity contribution in [3.8, 4) is 0 Å². The molecular formula is C10H16N2. The van der Waals surface area contributed by atoms with Crippen molar-refractivity contribution in [3.05, 3.63) is 0 Å². The molecule has 12 heavy (non-hydrogen) atoms. The summed E-state index contributed by atoms with van der Waals surface area (Å²) >= 11 is 0. The van der Waals surface area contributed by atoms with Crippen LogP contribution in [0.3, 0.4) is 0 Å². The van der Waals surface area contributed by atoms with E-state index in [2.05, 4.69) is 5.10 Å². The van der Waals surface area contributed by atoms with Crippen molar-refractivity contribution in [2.24, 2.45) is 34.6 Å². The Hall–Kier alpha value is -0.530. The Morgan fingerprint density at radius 3 is 2.92 bits per heavy atom. The number of rotatable bonds is 0. The average molecular weight is 164 g/mol. The highest BCUT2D eigenvalue weighted by Gasteiger charge is 2.52. The van der Waals surface area contributed by atoms with Crippen molar-refractivity contribution >= 4 is 5.71 Å². The molecule has 3 saturated carbocycles. The molecule has 0 heterocycles. The minimum absolute atomic E-state index is 0.799. The highest BCUT2D eigenvalue weighted by molar-refractivity contribution is 5.90. The summed E-state index contributed by atoms with van der Waals surface area (Å²) < 4.78 is 0. The fourth-order valence-corrected chi connectivity index (χ4v) is 3.96. The summed E-state index contributed by atoms with van der Waals surface area (Å²) in [5, 5.41) is 3.95.